The monoisotopic (exact) mass is 381 g/mol. The van der Waals surface area contributed by atoms with E-state index in [1.54, 1.807) is 11.0 Å². The van der Waals surface area contributed by atoms with Gasteiger partial charge >= 0.3 is 0 Å². The zero-order valence-electron chi connectivity index (χ0n) is 17.1. The lowest BCUT2D eigenvalue weighted by Gasteiger charge is -2.30. The van der Waals surface area contributed by atoms with E-state index in [1.807, 2.05) is 26.1 Å². The molecule has 0 fully saturated rings. The smallest absolute Gasteiger partial charge is 0.237 e. The van der Waals surface area contributed by atoms with E-state index < -0.39 is 0 Å². The normalized spacial score (nSPS) is 16.5. The minimum Gasteiger partial charge on any atom is -0.354 e. The molecular weight excluding hydrogens is 350 g/mol. The summed E-state index contributed by atoms with van der Waals surface area (Å²) in [7, 11) is 2.00. The Bertz CT molecular complexity index is 782. The first kappa shape index (κ1) is 20.3. The zero-order valence-corrected chi connectivity index (χ0v) is 17.1. The van der Waals surface area contributed by atoms with Crippen molar-refractivity contribution in [1.29, 1.82) is 0 Å². The van der Waals surface area contributed by atoms with Crippen molar-refractivity contribution in [3.63, 3.8) is 0 Å². The van der Waals surface area contributed by atoms with Crippen molar-refractivity contribution in [3.05, 3.63) is 54.1 Å². The molecule has 0 aliphatic heterocycles. The maximum Gasteiger partial charge on any atom is 0.237 e. The van der Waals surface area contributed by atoms with Crippen LogP contribution in [0.25, 0.3) is 5.69 Å². The number of carbonyl (C=O) groups excluding carboxylic acids is 1. The minimum absolute atomic E-state index is 0.0880. The van der Waals surface area contributed by atoms with E-state index in [9.17, 15) is 4.79 Å². The second kappa shape index (κ2) is 9.64. The van der Waals surface area contributed by atoms with Gasteiger partial charge in [0.1, 0.15) is 12.7 Å². The van der Waals surface area contributed by atoms with Crippen molar-refractivity contribution >= 4 is 5.91 Å². The molecule has 0 saturated carbocycles. The van der Waals surface area contributed by atoms with Gasteiger partial charge in [-0.3, -0.25) is 9.69 Å². The van der Waals surface area contributed by atoms with Crippen molar-refractivity contribution in [2.45, 2.75) is 58.0 Å². The first-order valence-corrected chi connectivity index (χ1v) is 10.2. The molecule has 1 aliphatic carbocycles. The third-order valence-corrected chi connectivity index (χ3v) is 5.79. The predicted octanol–water partition coefficient (Wildman–Crippen LogP) is 3.66. The molecule has 0 radical (unpaired) electrons. The Morgan fingerprint density at radius 1 is 1.25 bits per heavy atom. The van der Waals surface area contributed by atoms with E-state index in [0.717, 1.165) is 18.7 Å². The molecule has 1 N–H and O–H groups in total. The van der Waals surface area contributed by atoms with Crippen LogP contribution in [0.3, 0.4) is 0 Å². The molecule has 0 unspecified atom stereocenters. The van der Waals surface area contributed by atoms with Gasteiger partial charge in [-0.1, -0.05) is 23.8 Å². The molecule has 1 amide bonds. The second-order valence-corrected chi connectivity index (χ2v) is 7.60. The van der Waals surface area contributed by atoms with Crippen molar-refractivity contribution in [2.24, 2.45) is 0 Å². The number of likely N-dealkylation sites (N-methyl/N-ethyl adjacent to an activating group) is 1. The minimum atomic E-state index is -0.190. The Balaban J connectivity index is 1.52. The van der Waals surface area contributed by atoms with Gasteiger partial charge < -0.3 is 5.32 Å². The SMILES string of the molecule is C[C@H](c1ccc(-n2cncn2)cc1)N(C)[C@@H](C)C(=O)NCCC1=CCCCC1. The van der Waals surface area contributed by atoms with Crippen LogP contribution >= 0.6 is 0 Å². The molecule has 1 heterocycles. The van der Waals surface area contributed by atoms with Crippen molar-refractivity contribution in [2.75, 3.05) is 13.6 Å². The quantitative estimate of drug-likeness (QED) is 0.709. The van der Waals surface area contributed by atoms with Crippen LogP contribution in [0.1, 0.15) is 57.6 Å². The number of carbonyl (C=O) groups is 1. The Hall–Kier alpha value is -2.47. The van der Waals surface area contributed by atoms with Gasteiger partial charge in [0.15, 0.2) is 0 Å². The highest BCUT2D eigenvalue weighted by molar-refractivity contribution is 5.81. The van der Waals surface area contributed by atoms with Gasteiger partial charge in [0.25, 0.3) is 0 Å². The average molecular weight is 382 g/mol. The standard InChI is InChI=1S/C22H31N5O/c1-17(20-9-11-21(12-10-20)27-16-23-15-25-27)26(3)18(2)22(28)24-14-13-19-7-5-4-6-8-19/h7,9-12,15-18H,4-6,8,13-14H2,1-3H3,(H,24,28)/t17-,18+/m1/s1. The van der Waals surface area contributed by atoms with Crippen LogP contribution in [0.15, 0.2) is 48.6 Å². The Morgan fingerprint density at radius 3 is 2.68 bits per heavy atom. The molecule has 0 saturated heterocycles. The Labute approximate surface area is 167 Å². The van der Waals surface area contributed by atoms with Crippen molar-refractivity contribution in [3.8, 4) is 5.69 Å². The highest BCUT2D eigenvalue weighted by Crippen LogP contribution is 2.22. The van der Waals surface area contributed by atoms with Gasteiger partial charge in [-0.05, 0) is 70.7 Å². The molecule has 150 valence electrons. The number of amides is 1. The van der Waals surface area contributed by atoms with Crippen molar-refractivity contribution < 1.29 is 4.79 Å². The average Bonchev–Trinajstić information content (AvgIpc) is 3.28. The fourth-order valence-electron chi connectivity index (χ4n) is 3.63. The van der Waals surface area contributed by atoms with Crippen LogP contribution in [-0.2, 0) is 4.79 Å². The van der Waals surface area contributed by atoms with Crippen LogP contribution in [0.5, 0.6) is 0 Å². The maximum atomic E-state index is 12.6. The predicted molar refractivity (Wildman–Crippen MR) is 111 cm³/mol. The van der Waals surface area contributed by atoms with Gasteiger partial charge in [0.2, 0.25) is 5.91 Å². The van der Waals surface area contributed by atoms with Crippen molar-refractivity contribution in [1.82, 2.24) is 25.0 Å². The van der Waals surface area contributed by atoms with Gasteiger partial charge in [-0.25, -0.2) is 9.67 Å². The van der Waals surface area contributed by atoms with Gasteiger partial charge in [0.05, 0.1) is 11.7 Å². The van der Waals surface area contributed by atoms with E-state index >= 15 is 0 Å². The Kier molecular flexibility index (Phi) is 6.98. The zero-order chi connectivity index (χ0) is 19.9. The van der Waals surface area contributed by atoms with Gasteiger partial charge in [-0.2, -0.15) is 5.10 Å². The molecule has 6 heteroatoms. The summed E-state index contributed by atoms with van der Waals surface area (Å²) in [5.41, 5.74) is 3.63. The molecule has 0 bridgehead atoms. The molecule has 2 atom stereocenters. The number of allylic oxidation sites excluding steroid dienone is 1. The fourth-order valence-corrected chi connectivity index (χ4v) is 3.63. The van der Waals surface area contributed by atoms with Crippen LogP contribution in [0.2, 0.25) is 0 Å². The topological polar surface area (TPSA) is 63.1 Å². The highest BCUT2D eigenvalue weighted by atomic mass is 16.2. The largest absolute Gasteiger partial charge is 0.354 e. The lowest BCUT2D eigenvalue weighted by Crippen LogP contribution is -2.44. The third-order valence-electron chi connectivity index (χ3n) is 5.79. The number of nitrogens with one attached hydrogen (secondary N) is 1. The van der Waals surface area contributed by atoms with Crippen LogP contribution in [0, 0.1) is 0 Å². The summed E-state index contributed by atoms with van der Waals surface area (Å²) >= 11 is 0. The van der Waals surface area contributed by atoms with Crippen LogP contribution in [0.4, 0.5) is 0 Å². The van der Waals surface area contributed by atoms with E-state index in [-0.39, 0.29) is 18.0 Å². The lowest BCUT2D eigenvalue weighted by molar-refractivity contribution is -0.126. The van der Waals surface area contributed by atoms with Gasteiger partial charge in [-0.15, -0.1) is 0 Å². The van der Waals surface area contributed by atoms with Crippen LogP contribution in [-0.4, -0.2) is 45.2 Å². The summed E-state index contributed by atoms with van der Waals surface area (Å²) in [6, 6.07) is 8.15. The van der Waals surface area contributed by atoms with E-state index in [1.165, 1.54) is 43.1 Å². The summed E-state index contributed by atoms with van der Waals surface area (Å²) in [5, 5.41) is 7.25. The van der Waals surface area contributed by atoms with E-state index in [4.69, 9.17) is 0 Å². The molecule has 1 aromatic heterocycles. The highest BCUT2D eigenvalue weighted by Gasteiger charge is 2.23. The molecule has 28 heavy (non-hydrogen) atoms. The van der Waals surface area contributed by atoms with Gasteiger partial charge in [0, 0.05) is 12.6 Å². The Morgan fingerprint density at radius 2 is 2.04 bits per heavy atom. The fraction of sp³-hybridized carbons (Fsp3) is 0.500. The van der Waals surface area contributed by atoms with E-state index in [0.29, 0.717) is 0 Å². The molecule has 3 rings (SSSR count). The number of rotatable bonds is 8. The summed E-state index contributed by atoms with van der Waals surface area (Å²) in [6.45, 7) is 4.82. The number of hydrogen-bond donors (Lipinski definition) is 1. The molecule has 1 aliphatic rings. The number of hydrogen-bond acceptors (Lipinski definition) is 4. The number of benzene rings is 1. The number of aromatic nitrogens is 3. The summed E-state index contributed by atoms with van der Waals surface area (Å²) < 4.78 is 1.73. The second-order valence-electron chi connectivity index (χ2n) is 7.60. The lowest BCUT2D eigenvalue weighted by atomic mass is 9.97. The molecule has 0 spiro atoms. The number of nitrogens with zero attached hydrogens (tertiary/aromatic N) is 4. The molecule has 2 aromatic rings. The van der Waals surface area contributed by atoms with E-state index in [2.05, 4.69) is 45.4 Å². The first-order chi connectivity index (χ1) is 13.6. The molecule has 1 aromatic carbocycles. The maximum absolute atomic E-state index is 12.6. The molecular formula is C22H31N5O. The summed E-state index contributed by atoms with van der Waals surface area (Å²) in [4.78, 5) is 18.7. The molecule has 6 nitrogen and oxygen atoms in total. The third kappa shape index (κ3) is 5.07. The summed E-state index contributed by atoms with van der Waals surface area (Å²) in [6.07, 6.45) is 11.5. The first-order valence-electron chi connectivity index (χ1n) is 10.2. The summed E-state index contributed by atoms with van der Waals surface area (Å²) in [5.74, 6) is 0.0880. The van der Waals surface area contributed by atoms with Crippen LogP contribution < -0.4 is 5.32 Å².